The van der Waals surface area contributed by atoms with E-state index in [4.69, 9.17) is 0 Å². The van der Waals surface area contributed by atoms with Gasteiger partial charge >= 0.3 is 0 Å². The van der Waals surface area contributed by atoms with Gasteiger partial charge < -0.3 is 4.90 Å². The minimum absolute atomic E-state index is 0.339. The lowest BCUT2D eigenvalue weighted by atomic mass is 9.48. The van der Waals surface area contributed by atoms with Gasteiger partial charge in [0.1, 0.15) is 0 Å². The van der Waals surface area contributed by atoms with Crippen molar-refractivity contribution in [2.45, 2.75) is 49.4 Å². The normalized spacial score (nSPS) is 21.4. The first-order valence-corrected chi connectivity index (χ1v) is 23.7. The van der Waals surface area contributed by atoms with Crippen molar-refractivity contribution >= 4 is 27.8 Å². The quantitative estimate of drug-likeness (QED) is 0.162. The van der Waals surface area contributed by atoms with Crippen LogP contribution < -0.4 is 4.90 Å². The maximum Gasteiger partial charge on any atom is 0.0726 e. The lowest BCUT2D eigenvalue weighted by molar-refractivity contribution is -0.00518. The molecule has 9 aromatic carbocycles. The molecule has 0 atom stereocenters. The smallest absolute Gasteiger partial charge is 0.0726 e. The largest absolute Gasteiger partial charge is 0.310 e. The molecule has 0 aromatic heterocycles. The summed E-state index contributed by atoms with van der Waals surface area (Å²) in [7, 11) is 0. The molecule has 1 heteroatoms. The molecule has 0 amide bonds. The van der Waals surface area contributed by atoms with E-state index in [0.29, 0.717) is 5.41 Å². The number of hydrogen-bond donors (Lipinski definition) is 0. The maximum absolute atomic E-state index is 2.58. The molecule has 1 nitrogen and oxygen atoms in total. The van der Waals surface area contributed by atoms with Crippen LogP contribution in [-0.2, 0) is 10.8 Å². The Morgan fingerprint density at radius 3 is 1.53 bits per heavy atom. The van der Waals surface area contributed by atoms with Gasteiger partial charge in [-0.25, -0.2) is 0 Å². The van der Waals surface area contributed by atoms with Crippen LogP contribution in [0.1, 0.15) is 66.3 Å². The van der Waals surface area contributed by atoms with Gasteiger partial charge in [-0.3, -0.25) is 0 Å². The first-order valence-electron chi connectivity index (χ1n) is 23.7. The Labute approximate surface area is 376 Å². The average molecular weight is 820 g/mol. The van der Waals surface area contributed by atoms with Gasteiger partial charge in [-0.05, 0) is 170 Å². The molecule has 6 aliphatic carbocycles. The third-order valence-corrected chi connectivity index (χ3v) is 16.4. The Morgan fingerprint density at radius 1 is 0.375 bits per heavy atom. The van der Waals surface area contributed by atoms with Crippen molar-refractivity contribution in [1.29, 1.82) is 0 Å². The third kappa shape index (κ3) is 5.13. The molecule has 1 spiro atoms. The Hall–Kier alpha value is -6.96. The van der Waals surface area contributed by atoms with Crippen molar-refractivity contribution in [1.82, 2.24) is 0 Å². The molecule has 0 unspecified atom stereocenters. The zero-order valence-corrected chi connectivity index (χ0v) is 36.1. The first kappa shape index (κ1) is 36.5. The summed E-state index contributed by atoms with van der Waals surface area (Å²) >= 11 is 0. The third-order valence-electron chi connectivity index (χ3n) is 16.4. The summed E-state index contributed by atoms with van der Waals surface area (Å²) in [5.41, 5.74) is 20.8. The summed E-state index contributed by atoms with van der Waals surface area (Å²) in [6, 6.07) is 78.4. The summed E-state index contributed by atoms with van der Waals surface area (Å²) in [4.78, 5) is 2.58. The minimum Gasteiger partial charge on any atom is -0.310 e. The van der Waals surface area contributed by atoms with Gasteiger partial charge in [0, 0.05) is 16.9 Å². The van der Waals surface area contributed by atoms with Crippen molar-refractivity contribution in [3.8, 4) is 44.5 Å². The van der Waals surface area contributed by atoms with E-state index in [9.17, 15) is 0 Å². The predicted octanol–water partition coefficient (Wildman–Crippen LogP) is 16.5. The standard InChI is InChI=1S/C63H49N/c1-2-14-44(15-3-1)50-23-11-16-45-17-12-24-51(60(45)50)46-18-10-19-49(37-46)64(48-32-30-47(31-33-48)62-38-41-34-42(39-62)36-43(35-41)40-62)59-29-13-28-58-61(59)54-22-6-9-27-57(54)63(58)55-25-7-4-20-52(55)53-21-5-8-26-56(53)63/h1-33,37,41-43H,34-36,38-40H2. The van der Waals surface area contributed by atoms with Crippen LogP contribution in [0.3, 0.4) is 0 Å². The van der Waals surface area contributed by atoms with Crippen LogP contribution in [-0.4, -0.2) is 0 Å². The number of rotatable bonds is 6. The molecule has 306 valence electrons. The van der Waals surface area contributed by atoms with Crippen LogP contribution in [0.2, 0.25) is 0 Å². The van der Waals surface area contributed by atoms with Gasteiger partial charge in [0.25, 0.3) is 0 Å². The second-order valence-electron chi connectivity index (χ2n) is 19.8. The van der Waals surface area contributed by atoms with E-state index in [0.717, 1.165) is 23.4 Å². The maximum atomic E-state index is 2.58. The Morgan fingerprint density at radius 2 is 0.875 bits per heavy atom. The average Bonchev–Trinajstić information content (AvgIpc) is 3.82. The van der Waals surface area contributed by atoms with Gasteiger partial charge in [-0.1, -0.05) is 176 Å². The number of nitrogens with zero attached hydrogens (tertiary/aromatic N) is 1. The molecule has 0 heterocycles. The van der Waals surface area contributed by atoms with Crippen LogP contribution in [0.4, 0.5) is 17.1 Å². The van der Waals surface area contributed by atoms with Gasteiger partial charge in [0.15, 0.2) is 0 Å². The highest BCUT2D eigenvalue weighted by Crippen LogP contribution is 2.65. The second kappa shape index (κ2) is 13.8. The van der Waals surface area contributed by atoms with E-state index in [1.54, 1.807) is 5.56 Å². The zero-order valence-electron chi connectivity index (χ0n) is 36.1. The van der Waals surface area contributed by atoms with Crippen molar-refractivity contribution in [3.05, 3.63) is 234 Å². The summed E-state index contributed by atoms with van der Waals surface area (Å²) < 4.78 is 0. The molecule has 0 saturated heterocycles. The van der Waals surface area contributed by atoms with Gasteiger partial charge in [-0.15, -0.1) is 0 Å². The summed E-state index contributed by atoms with van der Waals surface area (Å²) in [6.07, 6.45) is 8.49. The molecule has 0 aliphatic heterocycles. The van der Waals surface area contributed by atoms with Crippen LogP contribution >= 0.6 is 0 Å². The van der Waals surface area contributed by atoms with Crippen LogP contribution in [0.5, 0.6) is 0 Å². The van der Waals surface area contributed by atoms with Crippen molar-refractivity contribution < 1.29 is 0 Å². The van der Waals surface area contributed by atoms with Crippen LogP contribution in [0, 0.1) is 17.8 Å². The molecule has 15 rings (SSSR count). The van der Waals surface area contributed by atoms with Gasteiger partial charge in [0.05, 0.1) is 11.1 Å². The van der Waals surface area contributed by atoms with E-state index in [-0.39, 0.29) is 0 Å². The highest BCUT2D eigenvalue weighted by atomic mass is 15.1. The van der Waals surface area contributed by atoms with E-state index < -0.39 is 5.41 Å². The van der Waals surface area contributed by atoms with Crippen LogP contribution in [0.25, 0.3) is 55.3 Å². The molecular formula is C63H49N. The Kier molecular flexibility index (Phi) is 7.86. The summed E-state index contributed by atoms with van der Waals surface area (Å²) in [5, 5.41) is 2.54. The molecular weight excluding hydrogens is 771 g/mol. The number of anilines is 3. The second-order valence-corrected chi connectivity index (χ2v) is 19.8. The van der Waals surface area contributed by atoms with Gasteiger partial charge in [-0.2, -0.15) is 0 Å². The van der Waals surface area contributed by atoms with Crippen LogP contribution in [0.15, 0.2) is 206 Å². The zero-order chi connectivity index (χ0) is 42.0. The lowest BCUT2D eigenvalue weighted by Gasteiger charge is -2.57. The molecule has 0 radical (unpaired) electrons. The Bertz CT molecular complexity index is 3230. The summed E-state index contributed by atoms with van der Waals surface area (Å²) in [6.45, 7) is 0. The van der Waals surface area contributed by atoms with Crippen molar-refractivity contribution in [2.75, 3.05) is 4.90 Å². The molecule has 9 aromatic rings. The van der Waals surface area contributed by atoms with E-state index in [2.05, 4.69) is 211 Å². The first-order chi connectivity index (χ1) is 31.7. The Balaban J connectivity index is 0.993. The fourth-order valence-corrected chi connectivity index (χ4v) is 14.4. The van der Waals surface area contributed by atoms with E-state index in [1.165, 1.54) is 127 Å². The fourth-order valence-electron chi connectivity index (χ4n) is 14.4. The van der Waals surface area contributed by atoms with Crippen molar-refractivity contribution in [2.24, 2.45) is 17.8 Å². The summed E-state index contributed by atoms with van der Waals surface area (Å²) in [5.74, 6) is 2.73. The fraction of sp³-hybridized carbons (Fsp3) is 0.175. The number of hydrogen-bond acceptors (Lipinski definition) is 1. The molecule has 64 heavy (non-hydrogen) atoms. The van der Waals surface area contributed by atoms with E-state index >= 15 is 0 Å². The monoisotopic (exact) mass is 819 g/mol. The predicted molar refractivity (Wildman–Crippen MR) is 266 cm³/mol. The molecule has 4 fully saturated rings. The van der Waals surface area contributed by atoms with Gasteiger partial charge in [0.2, 0.25) is 0 Å². The molecule has 6 aliphatic rings. The molecule has 4 bridgehead atoms. The topological polar surface area (TPSA) is 3.24 Å². The molecule has 0 N–H and O–H groups in total. The van der Waals surface area contributed by atoms with E-state index in [1.807, 2.05) is 0 Å². The number of fused-ring (bicyclic) bond motifs is 11. The lowest BCUT2D eigenvalue weighted by Crippen LogP contribution is -2.48. The SMILES string of the molecule is c1ccc(-c2cccc3cccc(-c4cccc(N(c5ccc(C67CC8CC(CC(C8)C6)C7)cc5)c5cccc6c5-c5ccccc5C65c6ccccc6-c6ccccc65)c4)c23)cc1. The highest BCUT2D eigenvalue weighted by molar-refractivity contribution is 6.07. The highest BCUT2D eigenvalue weighted by Gasteiger charge is 2.53. The van der Waals surface area contributed by atoms with Crippen molar-refractivity contribution in [3.63, 3.8) is 0 Å². The molecule has 4 saturated carbocycles. The minimum atomic E-state index is -0.415. The number of benzene rings is 9.